The molecule has 0 saturated carbocycles. The molecule has 1 aliphatic carbocycles. The summed E-state index contributed by atoms with van der Waals surface area (Å²) >= 11 is 0. The number of nitrogens with zero attached hydrogens (tertiary/aromatic N) is 3. The van der Waals surface area contributed by atoms with Gasteiger partial charge < -0.3 is 20.1 Å². The Morgan fingerprint density at radius 1 is 1.15 bits per heavy atom. The minimum atomic E-state index is 0.186. The van der Waals surface area contributed by atoms with E-state index in [2.05, 4.69) is 27.5 Å². The summed E-state index contributed by atoms with van der Waals surface area (Å²) in [6, 6.07) is 5.78. The van der Waals surface area contributed by atoms with Crippen LogP contribution in [-0.4, -0.2) is 53.5 Å². The Labute approximate surface area is 160 Å². The molecule has 6 nitrogen and oxygen atoms in total. The number of piperidine rings is 1. The van der Waals surface area contributed by atoms with Crippen molar-refractivity contribution in [3.8, 4) is 22.8 Å². The molecule has 2 heterocycles. The number of fused-ring (bicyclic) bond motifs is 1. The summed E-state index contributed by atoms with van der Waals surface area (Å²) < 4.78 is 5.20. The molecule has 2 aliphatic rings. The molecule has 27 heavy (non-hydrogen) atoms. The minimum Gasteiger partial charge on any atom is -0.507 e. The smallest absolute Gasteiger partial charge is 0.152 e. The summed E-state index contributed by atoms with van der Waals surface area (Å²) in [4.78, 5) is 2.37. The fraction of sp³-hybridized carbons (Fsp3) is 0.524. The van der Waals surface area contributed by atoms with E-state index in [1.807, 2.05) is 12.1 Å². The third kappa shape index (κ3) is 3.72. The molecule has 0 bridgehead atoms. The van der Waals surface area contributed by atoms with E-state index in [9.17, 15) is 5.11 Å². The van der Waals surface area contributed by atoms with Crippen molar-refractivity contribution in [3.05, 3.63) is 29.3 Å². The quantitative estimate of drug-likeness (QED) is 0.863. The Hall–Kier alpha value is -2.34. The first-order chi connectivity index (χ1) is 13.2. The second-order valence-electron chi connectivity index (χ2n) is 7.69. The number of aromatic hydroxyl groups is 1. The van der Waals surface area contributed by atoms with Crippen molar-refractivity contribution in [2.75, 3.05) is 32.6 Å². The van der Waals surface area contributed by atoms with E-state index in [1.54, 1.807) is 13.2 Å². The van der Waals surface area contributed by atoms with Crippen molar-refractivity contribution in [3.63, 3.8) is 0 Å². The Bertz CT molecular complexity index is 824. The number of hydrogen-bond acceptors (Lipinski definition) is 6. The number of phenolic OH excluding ortho intramolecular Hbond substituents is 1. The molecule has 2 N–H and O–H groups in total. The Balaban J connectivity index is 1.69. The van der Waals surface area contributed by atoms with E-state index in [0.717, 1.165) is 49.4 Å². The number of aromatic nitrogens is 2. The van der Waals surface area contributed by atoms with Gasteiger partial charge in [-0.1, -0.05) is 0 Å². The highest BCUT2D eigenvalue weighted by molar-refractivity contribution is 5.73. The average Bonchev–Trinajstić information content (AvgIpc) is 2.68. The van der Waals surface area contributed by atoms with Crippen LogP contribution >= 0.6 is 0 Å². The maximum absolute atomic E-state index is 10.5. The van der Waals surface area contributed by atoms with Crippen LogP contribution in [0.3, 0.4) is 0 Å². The average molecular weight is 368 g/mol. The van der Waals surface area contributed by atoms with Crippen LogP contribution in [0.5, 0.6) is 11.5 Å². The van der Waals surface area contributed by atoms with Crippen molar-refractivity contribution >= 4 is 5.82 Å². The number of anilines is 1. The molecule has 0 radical (unpaired) electrons. The minimum absolute atomic E-state index is 0.186. The number of rotatable bonds is 4. The lowest BCUT2D eigenvalue weighted by Gasteiger charge is -2.31. The molecule has 1 unspecified atom stereocenters. The molecule has 2 aromatic rings. The monoisotopic (exact) mass is 368 g/mol. The van der Waals surface area contributed by atoms with E-state index in [-0.39, 0.29) is 5.75 Å². The highest BCUT2D eigenvalue weighted by Crippen LogP contribution is 2.38. The summed E-state index contributed by atoms with van der Waals surface area (Å²) in [5.41, 5.74) is 4.03. The van der Waals surface area contributed by atoms with E-state index in [0.29, 0.717) is 11.8 Å². The highest BCUT2D eigenvalue weighted by Gasteiger charge is 2.24. The number of ether oxygens (including phenoxy) is 1. The lowest BCUT2D eigenvalue weighted by molar-refractivity contribution is 0.260. The molecule has 0 spiro atoms. The van der Waals surface area contributed by atoms with Gasteiger partial charge in [0.25, 0.3) is 0 Å². The number of likely N-dealkylation sites (N-methyl/N-ethyl adjacent to an activating group) is 1. The van der Waals surface area contributed by atoms with E-state index >= 15 is 0 Å². The molecule has 1 aromatic carbocycles. The molecule has 6 heteroatoms. The van der Waals surface area contributed by atoms with Gasteiger partial charge in [0.1, 0.15) is 17.2 Å². The largest absolute Gasteiger partial charge is 0.507 e. The molecular formula is C21H28N4O2. The topological polar surface area (TPSA) is 70.5 Å². The van der Waals surface area contributed by atoms with Crippen LogP contribution in [0.2, 0.25) is 0 Å². The fourth-order valence-electron chi connectivity index (χ4n) is 4.30. The Kier molecular flexibility index (Phi) is 5.16. The van der Waals surface area contributed by atoms with Crippen molar-refractivity contribution in [1.82, 2.24) is 15.1 Å². The summed E-state index contributed by atoms with van der Waals surface area (Å²) in [6.07, 6.45) is 6.69. The number of nitrogens with one attached hydrogen (secondary N) is 1. The predicted molar refractivity (Wildman–Crippen MR) is 106 cm³/mol. The lowest BCUT2D eigenvalue weighted by atomic mass is 9.89. The van der Waals surface area contributed by atoms with Crippen LogP contribution in [0.1, 0.15) is 36.8 Å². The van der Waals surface area contributed by atoms with Gasteiger partial charge in [-0.2, -0.15) is 0 Å². The number of phenols is 1. The number of hydrogen-bond donors (Lipinski definition) is 2. The zero-order valence-electron chi connectivity index (χ0n) is 16.2. The standard InChI is InChI=1S/C21H28N4O2/c1-25-11-5-6-14(13-25)22-21-17-8-4-3-7-16(17)20(23-24-21)18-10-9-15(27-2)12-19(18)26/h9-10,12,14,26H,3-8,11,13H2,1-2H3,(H,22,24). The zero-order chi connectivity index (χ0) is 18.8. The maximum Gasteiger partial charge on any atom is 0.152 e. The maximum atomic E-state index is 10.5. The lowest BCUT2D eigenvalue weighted by Crippen LogP contribution is -2.40. The van der Waals surface area contributed by atoms with Gasteiger partial charge in [-0.15, -0.1) is 10.2 Å². The highest BCUT2D eigenvalue weighted by atomic mass is 16.5. The van der Waals surface area contributed by atoms with Crippen molar-refractivity contribution < 1.29 is 9.84 Å². The Morgan fingerprint density at radius 3 is 2.70 bits per heavy atom. The van der Waals surface area contributed by atoms with Gasteiger partial charge in [0.2, 0.25) is 0 Å². The van der Waals surface area contributed by atoms with E-state index in [1.165, 1.54) is 30.4 Å². The van der Waals surface area contributed by atoms with Crippen LogP contribution < -0.4 is 10.1 Å². The van der Waals surface area contributed by atoms with Crippen LogP contribution in [-0.2, 0) is 12.8 Å². The molecular weight excluding hydrogens is 340 g/mol. The van der Waals surface area contributed by atoms with Gasteiger partial charge in [0.05, 0.1) is 7.11 Å². The fourth-order valence-corrected chi connectivity index (χ4v) is 4.30. The van der Waals surface area contributed by atoms with Gasteiger partial charge in [-0.3, -0.25) is 0 Å². The summed E-state index contributed by atoms with van der Waals surface area (Å²) in [6.45, 7) is 2.20. The van der Waals surface area contributed by atoms with Crippen LogP contribution in [0.15, 0.2) is 18.2 Å². The van der Waals surface area contributed by atoms with Crippen LogP contribution in [0.4, 0.5) is 5.82 Å². The first-order valence-electron chi connectivity index (χ1n) is 9.86. The summed E-state index contributed by atoms with van der Waals surface area (Å²) in [5, 5.41) is 23.2. The van der Waals surface area contributed by atoms with Crippen LogP contribution in [0, 0.1) is 0 Å². The molecule has 1 fully saturated rings. The van der Waals surface area contributed by atoms with Gasteiger partial charge in [-0.25, -0.2) is 0 Å². The predicted octanol–water partition coefficient (Wildman–Crippen LogP) is 3.24. The first kappa shape index (κ1) is 18.0. The second-order valence-corrected chi connectivity index (χ2v) is 7.69. The van der Waals surface area contributed by atoms with Gasteiger partial charge in [-0.05, 0) is 69.8 Å². The van der Waals surface area contributed by atoms with Crippen molar-refractivity contribution in [2.24, 2.45) is 0 Å². The SMILES string of the molecule is COc1ccc(-c2nnc(NC3CCCN(C)C3)c3c2CCCC3)c(O)c1. The van der Waals surface area contributed by atoms with E-state index in [4.69, 9.17) is 4.74 Å². The Morgan fingerprint density at radius 2 is 1.96 bits per heavy atom. The van der Waals surface area contributed by atoms with Crippen molar-refractivity contribution in [1.29, 1.82) is 0 Å². The van der Waals surface area contributed by atoms with Gasteiger partial charge >= 0.3 is 0 Å². The molecule has 144 valence electrons. The van der Waals surface area contributed by atoms with Gasteiger partial charge in [0.15, 0.2) is 5.82 Å². The molecule has 1 atom stereocenters. The van der Waals surface area contributed by atoms with Crippen molar-refractivity contribution in [2.45, 2.75) is 44.6 Å². The molecule has 1 saturated heterocycles. The molecule has 1 aliphatic heterocycles. The normalized spacial score (nSPS) is 20.1. The number of benzene rings is 1. The molecule has 1 aromatic heterocycles. The third-order valence-electron chi connectivity index (χ3n) is 5.71. The molecule has 4 rings (SSSR count). The number of methoxy groups -OCH3 is 1. The third-order valence-corrected chi connectivity index (χ3v) is 5.71. The van der Waals surface area contributed by atoms with Crippen LogP contribution in [0.25, 0.3) is 11.3 Å². The second kappa shape index (κ2) is 7.72. The van der Waals surface area contributed by atoms with E-state index < -0.39 is 0 Å². The number of likely N-dealkylation sites (tertiary alicyclic amines) is 1. The zero-order valence-corrected chi connectivity index (χ0v) is 16.2. The summed E-state index contributed by atoms with van der Waals surface area (Å²) in [7, 11) is 3.77. The molecule has 0 amide bonds. The van der Waals surface area contributed by atoms with Gasteiger partial charge in [0, 0.05) is 29.8 Å². The summed E-state index contributed by atoms with van der Waals surface area (Å²) in [5.74, 6) is 1.76. The first-order valence-corrected chi connectivity index (χ1v) is 9.86.